The largest absolute Gasteiger partial charge is 0.307 e. The fourth-order valence-corrected chi connectivity index (χ4v) is 8.91. The molecule has 8 aromatic carbocycles. The van der Waals surface area contributed by atoms with E-state index in [-0.39, 0.29) is 0 Å². The molecule has 12 rings (SSSR count). The molecular formula is C56H36N6. The van der Waals surface area contributed by atoms with Crippen LogP contribution in [0.1, 0.15) is 0 Å². The highest BCUT2D eigenvalue weighted by Crippen LogP contribution is 2.42. The van der Waals surface area contributed by atoms with Gasteiger partial charge in [0.15, 0.2) is 11.6 Å². The van der Waals surface area contributed by atoms with Crippen LogP contribution in [0, 0.1) is 0 Å². The monoisotopic (exact) mass is 792 g/mol. The van der Waals surface area contributed by atoms with E-state index in [0.29, 0.717) is 17.6 Å². The van der Waals surface area contributed by atoms with Gasteiger partial charge in [-0.3, -0.25) is 4.57 Å². The highest BCUT2D eigenvalue weighted by Gasteiger charge is 2.24. The predicted molar refractivity (Wildman–Crippen MR) is 253 cm³/mol. The van der Waals surface area contributed by atoms with E-state index in [0.717, 1.165) is 77.6 Å². The quantitative estimate of drug-likeness (QED) is 0.161. The molecule has 6 nitrogen and oxygen atoms in total. The maximum Gasteiger partial charge on any atom is 0.238 e. The lowest BCUT2D eigenvalue weighted by Crippen LogP contribution is -2.07. The van der Waals surface area contributed by atoms with Crippen LogP contribution >= 0.6 is 0 Å². The molecule has 4 aromatic heterocycles. The predicted octanol–water partition coefficient (Wildman–Crippen LogP) is 13.8. The Morgan fingerprint density at radius 2 is 0.806 bits per heavy atom. The van der Waals surface area contributed by atoms with Gasteiger partial charge in [0.25, 0.3) is 0 Å². The normalized spacial score (nSPS) is 11.5. The van der Waals surface area contributed by atoms with Gasteiger partial charge in [-0.1, -0.05) is 170 Å². The van der Waals surface area contributed by atoms with Crippen molar-refractivity contribution < 1.29 is 0 Å². The van der Waals surface area contributed by atoms with Crippen LogP contribution in [0.25, 0.3) is 112 Å². The fourth-order valence-electron chi connectivity index (χ4n) is 8.91. The molecule has 0 atom stereocenters. The van der Waals surface area contributed by atoms with Crippen LogP contribution in [-0.2, 0) is 0 Å². The Labute approximate surface area is 357 Å². The van der Waals surface area contributed by atoms with Gasteiger partial charge >= 0.3 is 0 Å². The van der Waals surface area contributed by atoms with Crippen molar-refractivity contribution in [3.05, 3.63) is 218 Å². The molecule has 0 fully saturated rings. The minimum Gasteiger partial charge on any atom is -0.307 e. The molecule has 0 aliphatic rings. The first kappa shape index (κ1) is 35.5. The third-order valence-electron chi connectivity index (χ3n) is 11.8. The number of benzene rings is 8. The third kappa shape index (κ3) is 5.96. The van der Waals surface area contributed by atoms with Crippen molar-refractivity contribution in [3.63, 3.8) is 0 Å². The molecule has 0 unspecified atom stereocenters. The van der Waals surface area contributed by atoms with Crippen LogP contribution in [0.15, 0.2) is 218 Å². The van der Waals surface area contributed by atoms with Gasteiger partial charge in [-0.15, -0.1) is 0 Å². The molecule has 12 aromatic rings. The Kier molecular flexibility index (Phi) is 8.38. The van der Waals surface area contributed by atoms with E-state index in [1.165, 1.54) is 16.5 Å². The van der Waals surface area contributed by atoms with Gasteiger partial charge in [0, 0.05) is 49.5 Å². The summed E-state index contributed by atoms with van der Waals surface area (Å²) in [5, 5.41) is 4.56. The number of hydrogen-bond donors (Lipinski definition) is 0. The molecule has 4 heterocycles. The molecule has 0 aliphatic heterocycles. The van der Waals surface area contributed by atoms with Crippen molar-refractivity contribution in [2.75, 3.05) is 0 Å². The average Bonchev–Trinajstić information content (AvgIpc) is 3.88. The Bertz CT molecular complexity index is 3610. The minimum atomic E-state index is 0.539. The summed E-state index contributed by atoms with van der Waals surface area (Å²) in [5.41, 5.74) is 13.3. The topological polar surface area (TPSA) is 61.4 Å². The van der Waals surface area contributed by atoms with E-state index < -0.39 is 0 Å². The molecule has 0 amide bonds. The summed E-state index contributed by atoms with van der Waals surface area (Å²) in [6.45, 7) is 0. The third-order valence-corrected chi connectivity index (χ3v) is 11.8. The maximum atomic E-state index is 5.40. The van der Waals surface area contributed by atoms with Crippen molar-refractivity contribution in [2.45, 2.75) is 0 Å². The molecule has 0 aliphatic carbocycles. The number of fused-ring (bicyclic) bond motifs is 7. The Balaban J connectivity index is 1.13. The van der Waals surface area contributed by atoms with Crippen LogP contribution in [0.2, 0.25) is 0 Å². The molecule has 0 saturated carbocycles. The van der Waals surface area contributed by atoms with Crippen molar-refractivity contribution in [3.8, 4) is 68.1 Å². The molecule has 0 bridgehead atoms. The second-order valence-electron chi connectivity index (χ2n) is 15.5. The summed E-state index contributed by atoms with van der Waals surface area (Å²) in [7, 11) is 0. The number of para-hydroxylation sites is 2. The van der Waals surface area contributed by atoms with Crippen LogP contribution < -0.4 is 0 Å². The van der Waals surface area contributed by atoms with Crippen LogP contribution in [0.5, 0.6) is 0 Å². The van der Waals surface area contributed by atoms with Crippen molar-refractivity contribution in [1.29, 1.82) is 0 Å². The fraction of sp³-hybridized carbons (Fsp3) is 0. The molecular weight excluding hydrogens is 757 g/mol. The summed E-state index contributed by atoms with van der Waals surface area (Å²) in [5.74, 6) is 1.70. The van der Waals surface area contributed by atoms with Gasteiger partial charge in [0.1, 0.15) is 0 Å². The van der Waals surface area contributed by atoms with Crippen LogP contribution in [0.4, 0.5) is 0 Å². The highest BCUT2D eigenvalue weighted by atomic mass is 15.2. The summed E-state index contributed by atoms with van der Waals surface area (Å²) >= 11 is 0. The standard InChI is InChI=1S/C56H36N6/c1-5-17-37(18-6-1)40-31-34-51-47(36-40)46-33-32-45-44-27-13-14-30-50(44)62(53(45)52(46)61(51)43-25-11-4-12-26-43)56-59-54(39-21-9-3-10-22-39)58-55(60-56)42-24-15-23-41(35-42)49-29-16-28-48(57-49)38-19-7-2-8-20-38/h1-36H. The lowest BCUT2D eigenvalue weighted by atomic mass is 10.0. The second kappa shape index (κ2) is 14.7. The van der Waals surface area contributed by atoms with Gasteiger partial charge in [-0.25, -0.2) is 9.97 Å². The first-order valence-electron chi connectivity index (χ1n) is 20.8. The molecule has 0 spiro atoms. The van der Waals surface area contributed by atoms with Crippen molar-refractivity contribution in [1.82, 2.24) is 29.1 Å². The van der Waals surface area contributed by atoms with Gasteiger partial charge in [0.2, 0.25) is 5.95 Å². The SMILES string of the molecule is c1ccc(-c2ccc3c(c2)c2ccc4c5ccccc5n(-c5nc(-c6ccccc6)nc(-c6cccc(-c7cccc(-c8ccccc8)n7)c6)n5)c4c2n3-c2ccccc2)cc1. The molecule has 6 heteroatoms. The van der Waals surface area contributed by atoms with Gasteiger partial charge in [-0.05, 0) is 59.7 Å². The molecule has 62 heavy (non-hydrogen) atoms. The van der Waals surface area contributed by atoms with E-state index in [1.807, 2.05) is 36.4 Å². The second-order valence-corrected chi connectivity index (χ2v) is 15.5. The van der Waals surface area contributed by atoms with Gasteiger partial charge < -0.3 is 4.57 Å². The molecule has 0 radical (unpaired) electrons. The zero-order chi connectivity index (χ0) is 41.0. The van der Waals surface area contributed by atoms with Gasteiger partial charge in [-0.2, -0.15) is 9.97 Å². The molecule has 0 saturated heterocycles. The molecule has 290 valence electrons. The van der Waals surface area contributed by atoms with E-state index >= 15 is 0 Å². The minimum absolute atomic E-state index is 0.539. The first-order chi connectivity index (χ1) is 30.7. The average molecular weight is 793 g/mol. The zero-order valence-electron chi connectivity index (χ0n) is 33.5. The number of pyridine rings is 1. The van der Waals surface area contributed by atoms with E-state index in [9.17, 15) is 0 Å². The number of nitrogens with zero attached hydrogens (tertiary/aromatic N) is 6. The number of hydrogen-bond acceptors (Lipinski definition) is 4. The van der Waals surface area contributed by atoms with Crippen LogP contribution in [-0.4, -0.2) is 29.1 Å². The van der Waals surface area contributed by atoms with E-state index in [1.54, 1.807) is 0 Å². The van der Waals surface area contributed by atoms with Crippen molar-refractivity contribution in [2.24, 2.45) is 0 Å². The summed E-state index contributed by atoms with van der Waals surface area (Å²) in [4.78, 5) is 21.0. The summed E-state index contributed by atoms with van der Waals surface area (Å²) < 4.78 is 4.65. The van der Waals surface area contributed by atoms with Crippen molar-refractivity contribution >= 4 is 43.6 Å². The first-order valence-corrected chi connectivity index (χ1v) is 20.8. The smallest absolute Gasteiger partial charge is 0.238 e. The Hall–Kier alpha value is -8.48. The molecule has 0 N–H and O–H groups in total. The summed E-state index contributed by atoms with van der Waals surface area (Å²) in [6, 6.07) is 76.1. The maximum absolute atomic E-state index is 5.40. The van der Waals surface area contributed by atoms with E-state index in [4.69, 9.17) is 19.9 Å². The lowest BCUT2D eigenvalue weighted by Gasteiger charge is -2.13. The van der Waals surface area contributed by atoms with Gasteiger partial charge in [0.05, 0.1) is 33.5 Å². The lowest BCUT2D eigenvalue weighted by molar-refractivity contribution is 0.953. The zero-order valence-corrected chi connectivity index (χ0v) is 33.5. The summed E-state index contributed by atoms with van der Waals surface area (Å²) in [6.07, 6.45) is 0. The van der Waals surface area contributed by atoms with Crippen LogP contribution in [0.3, 0.4) is 0 Å². The Morgan fingerprint density at radius 3 is 1.55 bits per heavy atom. The number of aromatic nitrogens is 6. The Morgan fingerprint density at radius 1 is 0.274 bits per heavy atom. The highest BCUT2D eigenvalue weighted by molar-refractivity contribution is 6.24. The number of rotatable bonds is 7. The van der Waals surface area contributed by atoms with E-state index in [2.05, 4.69) is 191 Å².